The highest BCUT2D eigenvalue weighted by Gasteiger charge is 2.30. The minimum atomic E-state index is 0.556. The van der Waals surface area contributed by atoms with Crippen LogP contribution in [0.25, 0.3) is 5.57 Å². The predicted molar refractivity (Wildman–Crippen MR) is 73.7 cm³/mol. The number of hydrogen-bond acceptors (Lipinski definition) is 2. The van der Waals surface area contributed by atoms with Crippen LogP contribution in [0.15, 0.2) is 29.0 Å². The largest absolute Gasteiger partial charge is 0.310 e. The molecule has 1 saturated heterocycles. The molecule has 0 radical (unpaired) electrons. The average Bonchev–Trinajstić information content (AvgIpc) is 2.39. The first-order valence-electron chi connectivity index (χ1n) is 6.40. The average molecular weight is 293 g/mol. The number of fused-ring (bicyclic) bond motifs is 1. The monoisotopic (exact) mass is 292 g/mol. The van der Waals surface area contributed by atoms with Gasteiger partial charge in [0.1, 0.15) is 4.60 Å². The number of nitrogens with zero attached hydrogens (tertiary/aromatic N) is 1. The third-order valence-electron chi connectivity index (χ3n) is 3.88. The van der Waals surface area contributed by atoms with Crippen LogP contribution in [0.4, 0.5) is 0 Å². The second kappa shape index (κ2) is 4.91. The van der Waals surface area contributed by atoms with Crippen molar-refractivity contribution in [3.05, 3.63) is 34.6 Å². The Labute approximate surface area is 111 Å². The molecule has 1 aromatic heterocycles. The lowest BCUT2D eigenvalue weighted by Gasteiger charge is -2.37. The molecule has 0 bridgehead atoms. The summed E-state index contributed by atoms with van der Waals surface area (Å²) < 4.78 is 0.908. The fourth-order valence-electron chi connectivity index (χ4n) is 3.05. The molecule has 0 aromatic carbocycles. The van der Waals surface area contributed by atoms with Gasteiger partial charge in [-0.05, 0) is 71.3 Å². The summed E-state index contributed by atoms with van der Waals surface area (Å²) in [5.41, 5.74) is 2.73. The highest BCUT2D eigenvalue weighted by atomic mass is 79.9. The minimum absolute atomic E-state index is 0.556. The van der Waals surface area contributed by atoms with Crippen molar-refractivity contribution >= 4 is 21.5 Å². The number of hydrogen-bond donors (Lipinski definition) is 1. The summed E-state index contributed by atoms with van der Waals surface area (Å²) in [4.78, 5) is 4.34. The Kier molecular flexibility index (Phi) is 3.30. The van der Waals surface area contributed by atoms with Crippen LogP contribution in [0.5, 0.6) is 0 Å². The van der Waals surface area contributed by atoms with E-state index in [2.05, 4.69) is 38.4 Å². The zero-order chi connectivity index (χ0) is 11.7. The molecule has 1 fully saturated rings. The summed E-state index contributed by atoms with van der Waals surface area (Å²) in [6, 6.07) is 4.75. The number of rotatable bonds is 1. The zero-order valence-electron chi connectivity index (χ0n) is 9.82. The Bertz CT molecular complexity index is 424. The summed E-state index contributed by atoms with van der Waals surface area (Å²) in [6.45, 7) is 1.16. The smallest absolute Gasteiger partial charge is 0.106 e. The van der Waals surface area contributed by atoms with Gasteiger partial charge in [-0.3, -0.25) is 0 Å². The first-order chi connectivity index (χ1) is 8.34. The standard InChI is InChI=1S/C14H17BrN2/c15-13-7-6-11(9-17-13)12-5-1-3-10-4-2-8-16-14(10)12/h5-7,9-10,14,16H,1-4,8H2/t10-,14+/m1/s1. The lowest BCUT2D eigenvalue weighted by molar-refractivity contribution is 0.304. The molecule has 1 N–H and O–H groups in total. The maximum Gasteiger partial charge on any atom is 0.106 e. The molecule has 2 nitrogen and oxygen atoms in total. The third-order valence-corrected chi connectivity index (χ3v) is 4.35. The van der Waals surface area contributed by atoms with Gasteiger partial charge in [-0.25, -0.2) is 4.98 Å². The van der Waals surface area contributed by atoms with E-state index in [9.17, 15) is 0 Å². The molecule has 0 saturated carbocycles. The summed E-state index contributed by atoms with van der Waals surface area (Å²) >= 11 is 3.39. The van der Waals surface area contributed by atoms with E-state index in [1.165, 1.54) is 36.8 Å². The number of nitrogens with one attached hydrogen (secondary N) is 1. The van der Waals surface area contributed by atoms with Crippen LogP contribution in [-0.4, -0.2) is 17.6 Å². The molecule has 0 spiro atoms. The number of pyridine rings is 1. The fourth-order valence-corrected chi connectivity index (χ4v) is 3.29. The van der Waals surface area contributed by atoms with Gasteiger partial charge in [0, 0.05) is 12.2 Å². The first kappa shape index (κ1) is 11.4. The van der Waals surface area contributed by atoms with Gasteiger partial charge in [-0.1, -0.05) is 12.1 Å². The topological polar surface area (TPSA) is 24.9 Å². The molecule has 0 unspecified atom stereocenters. The van der Waals surface area contributed by atoms with Crippen molar-refractivity contribution in [3.63, 3.8) is 0 Å². The molecule has 17 heavy (non-hydrogen) atoms. The van der Waals surface area contributed by atoms with Gasteiger partial charge in [0.15, 0.2) is 0 Å². The van der Waals surface area contributed by atoms with E-state index in [1.54, 1.807) is 0 Å². The summed E-state index contributed by atoms with van der Waals surface area (Å²) in [6.07, 6.45) is 9.63. The van der Waals surface area contributed by atoms with E-state index in [-0.39, 0.29) is 0 Å². The van der Waals surface area contributed by atoms with Crippen LogP contribution < -0.4 is 5.32 Å². The zero-order valence-corrected chi connectivity index (χ0v) is 11.4. The van der Waals surface area contributed by atoms with Crippen LogP contribution in [0.3, 0.4) is 0 Å². The molecule has 90 valence electrons. The maximum atomic E-state index is 4.34. The molecule has 1 aromatic rings. The normalized spacial score (nSPS) is 28.4. The molecule has 2 aliphatic rings. The van der Waals surface area contributed by atoms with E-state index in [4.69, 9.17) is 0 Å². The Hall–Kier alpha value is -0.670. The van der Waals surface area contributed by atoms with Crippen molar-refractivity contribution in [3.8, 4) is 0 Å². The second-order valence-corrected chi connectivity index (χ2v) is 5.75. The highest BCUT2D eigenvalue weighted by molar-refractivity contribution is 9.10. The molecule has 2 atom stereocenters. The quantitative estimate of drug-likeness (QED) is 0.803. The van der Waals surface area contributed by atoms with Gasteiger partial charge in [0.25, 0.3) is 0 Å². The van der Waals surface area contributed by atoms with Crippen molar-refractivity contribution in [2.75, 3.05) is 6.54 Å². The van der Waals surface area contributed by atoms with E-state index in [0.717, 1.165) is 17.1 Å². The fraction of sp³-hybridized carbons (Fsp3) is 0.500. The van der Waals surface area contributed by atoms with Crippen LogP contribution in [0, 0.1) is 5.92 Å². The van der Waals surface area contributed by atoms with E-state index in [1.807, 2.05) is 12.3 Å². The van der Waals surface area contributed by atoms with Gasteiger partial charge >= 0.3 is 0 Å². The van der Waals surface area contributed by atoms with E-state index in [0.29, 0.717) is 6.04 Å². The highest BCUT2D eigenvalue weighted by Crippen LogP contribution is 2.35. The molecule has 3 heteroatoms. The van der Waals surface area contributed by atoms with Crippen LogP contribution in [-0.2, 0) is 0 Å². The summed E-state index contributed by atoms with van der Waals surface area (Å²) in [7, 11) is 0. The van der Waals surface area contributed by atoms with Gasteiger partial charge in [-0.15, -0.1) is 0 Å². The summed E-state index contributed by atoms with van der Waals surface area (Å²) in [5.74, 6) is 0.826. The number of aromatic nitrogens is 1. The van der Waals surface area contributed by atoms with Crippen molar-refractivity contribution < 1.29 is 0 Å². The molecule has 1 aliphatic carbocycles. The van der Waals surface area contributed by atoms with E-state index < -0.39 is 0 Å². The van der Waals surface area contributed by atoms with Gasteiger partial charge < -0.3 is 5.32 Å². The SMILES string of the molecule is Brc1ccc(C2=CCC[C@@H]3CCCN[C@H]23)cn1. The third kappa shape index (κ3) is 2.31. The molecular weight excluding hydrogens is 276 g/mol. The number of allylic oxidation sites excluding steroid dienone is 1. The minimum Gasteiger partial charge on any atom is -0.310 e. The van der Waals surface area contributed by atoms with Crippen molar-refractivity contribution in [1.29, 1.82) is 0 Å². The lowest BCUT2D eigenvalue weighted by Crippen LogP contribution is -2.43. The van der Waals surface area contributed by atoms with Crippen LogP contribution >= 0.6 is 15.9 Å². The van der Waals surface area contributed by atoms with E-state index >= 15 is 0 Å². The van der Waals surface area contributed by atoms with Gasteiger partial charge in [0.05, 0.1) is 0 Å². The van der Waals surface area contributed by atoms with Gasteiger partial charge in [0.2, 0.25) is 0 Å². The summed E-state index contributed by atoms with van der Waals surface area (Å²) in [5, 5.41) is 3.68. The Morgan fingerprint density at radius 1 is 1.29 bits per heavy atom. The Balaban J connectivity index is 1.90. The second-order valence-electron chi connectivity index (χ2n) is 4.94. The first-order valence-corrected chi connectivity index (χ1v) is 7.19. The van der Waals surface area contributed by atoms with Crippen LogP contribution in [0.2, 0.25) is 0 Å². The number of piperidine rings is 1. The predicted octanol–water partition coefficient (Wildman–Crippen LogP) is 3.39. The molecular formula is C14H17BrN2. The lowest BCUT2D eigenvalue weighted by atomic mass is 9.77. The van der Waals surface area contributed by atoms with Crippen molar-refractivity contribution in [2.24, 2.45) is 5.92 Å². The molecule has 0 amide bonds. The van der Waals surface area contributed by atoms with Crippen LogP contribution in [0.1, 0.15) is 31.2 Å². The van der Waals surface area contributed by atoms with Crippen molar-refractivity contribution in [1.82, 2.24) is 10.3 Å². The van der Waals surface area contributed by atoms with Gasteiger partial charge in [-0.2, -0.15) is 0 Å². The van der Waals surface area contributed by atoms with Crippen molar-refractivity contribution in [2.45, 2.75) is 31.7 Å². The number of halogens is 1. The molecule has 1 aliphatic heterocycles. The Morgan fingerprint density at radius 3 is 3.06 bits per heavy atom. The maximum absolute atomic E-state index is 4.34. The Morgan fingerprint density at radius 2 is 2.24 bits per heavy atom. The molecule has 3 rings (SSSR count). The molecule has 2 heterocycles.